The van der Waals surface area contributed by atoms with Crippen LogP contribution >= 0.6 is 23.2 Å². The number of rotatable bonds is 5. The summed E-state index contributed by atoms with van der Waals surface area (Å²) in [6.45, 7) is 1.76. The van der Waals surface area contributed by atoms with Crippen molar-refractivity contribution in [3.05, 3.63) is 74.0 Å². The predicted octanol–water partition coefficient (Wildman–Crippen LogP) is 6.51. The quantitative estimate of drug-likeness (QED) is 0.335. The van der Waals surface area contributed by atoms with E-state index in [2.05, 4.69) is 20.6 Å². The van der Waals surface area contributed by atoms with Crippen LogP contribution in [0.15, 0.2) is 42.7 Å². The number of nitrogens with zero attached hydrogens (tertiary/aromatic N) is 3. The zero-order chi connectivity index (χ0) is 22.1. The minimum atomic E-state index is -4.62. The van der Waals surface area contributed by atoms with Crippen LogP contribution in [0.4, 0.5) is 41.9 Å². The molecule has 0 radical (unpaired) electrons. The van der Waals surface area contributed by atoms with Gasteiger partial charge in [-0.05, 0) is 42.8 Å². The monoisotopic (exact) mass is 457 g/mol. The Kier molecular flexibility index (Phi) is 5.99. The van der Waals surface area contributed by atoms with E-state index in [1.165, 1.54) is 0 Å². The molecule has 2 aromatic carbocycles. The Morgan fingerprint density at radius 2 is 1.63 bits per heavy atom. The third-order valence-electron chi connectivity index (χ3n) is 4.00. The normalized spacial score (nSPS) is 11.3. The van der Waals surface area contributed by atoms with Crippen LogP contribution in [0.2, 0.25) is 10.0 Å². The summed E-state index contributed by atoms with van der Waals surface area (Å²) in [5.41, 5.74) is -0.544. The van der Waals surface area contributed by atoms with E-state index in [9.17, 15) is 23.3 Å². The van der Waals surface area contributed by atoms with Gasteiger partial charge in [0.1, 0.15) is 6.33 Å². The smallest absolute Gasteiger partial charge is 0.334 e. The van der Waals surface area contributed by atoms with E-state index in [0.717, 1.165) is 30.1 Å². The second-order valence-corrected chi connectivity index (χ2v) is 6.92. The Morgan fingerprint density at radius 1 is 1.00 bits per heavy atom. The summed E-state index contributed by atoms with van der Waals surface area (Å²) in [7, 11) is 0. The highest BCUT2D eigenvalue weighted by atomic mass is 35.5. The van der Waals surface area contributed by atoms with E-state index in [-0.39, 0.29) is 22.3 Å². The number of anilines is 4. The van der Waals surface area contributed by atoms with Crippen LogP contribution in [-0.2, 0) is 6.18 Å². The van der Waals surface area contributed by atoms with E-state index >= 15 is 0 Å². The second-order valence-electron chi connectivity index (χ2n) is 6.08. The number of alkyl halides is 3. The fourth-order valence-electron chi connectivity index (χ4n) is 2.52. The van der Waals surface area contributed by atoms with Crippen molar-refractivity contribution >= 4 is 51.9 Å². The van der Waals surface area contributed by atoms with Gasteiger partial charge >= 0.3 is 11.9 Å². The van der Waals surface area contributed by atoms with Crippen LogP contribution < -0.4 is 10.6 Å². The molecule has 0 spiro atoms. The molecule has 0 amide bonds. The van der Waals surface area contributed by atoms with Crippen LogP contribution in [-0.4, -0.2) is 14.9 Å². The maximum absolute atomic E-state index is 13.0. The van der Waals surface area contributed by atoms with Crippen molar-refractivity contribution in [2.75, 3.05) is 10.6 Å². The number of benzene rings is 2. The fourth-order valence-corrected chi connectivity index (χ4v) is 2.85. The minimum Gasteiger partial charge on any atom is -0.334 e. The number of nitro groups is 1. The summed E-state index contributed by atoms with van der Waals surface area (Å²) in [4.78, 5) is 18.6. The summed E-state index contributed by atoms with van der Waals surface area (Å²) in [6.07, 6.45) is -3.59. The van der Waals surface area contributed by atoms with E-state index in [4.69, 9.17) is 23.2 Å². The van der Waals surface area contributed by atoms with Gasteiger partial charge in [-0.15, -0.1) is 0 Å². The Hall–Kier alpha value is -3.11. The molecule has 1 heterocycles. The van der Waals surface area contributed by atoms with Crippen molar-refractivity contribution in [1.82, 2.24) is 9.97 Å². The molecule has 0 unspecified atom stereocenters. The van der Waals surface area contributed by atoms with Crippen molar-refractivity contribution < 1.29 is 18.1 Å². The van der Waals surface area contributed by atoms with Crippen LogP contribution in [0, 0.1) is 17.0 Å². The molecule has 1 aromatic heterocycles. The van der Waals surface area contributed by atoms with Gasteiger partial charge in [-0.1, -0.05) is 29.3 Å². The van der Waals surface area contributed by atoms with Crippen LogP contribution in [0.1, 0.15) is 11.1 Å². The average Bonchev–Trinajstić information content (AvgIpc) is 2.65. The number of halogens is 5. The van der Waals surface area contributed by atoms with E-state index in [1.54, 1.807) is 25.1 Å². The fraction of sp³-hybridized carbons (Fsp3) is 0.111. The molecule has 0 aliphatic heterocycles. The maximum atomic E-state index is 13.0. The van der Waals surface area contributed by atoms with Gasteiger partial charge in [-0.2, -0.15) is 13.2 Å². The standard InChI is InChI=1S/C18H12Cl2F3N5O2/c1-9-2-4-11(19)7-13(9)26-16-15(28(29)30)17(25-8-24-16)27-14-6-10(18(21,22)23)3-5-12(14)20/h2-8H,1H3,(H2,24,25,26,27). The zero-order valence-corrected chi connectivity index (χ0v) is 16.6. The molecule has 156 valence electrons. The Morgan fingerprint density at radius 3 is 2.23 bits per heavy atom. The van der Waals surface area contributed by atoms with Gasteiger partial charge in [0.05, 0.1) is 21.2 Å². The highest BCUT2D eigenvalue weighted by Gasteiger charge is 2.31. The molecule has 0 bridgehead atoms. The molecule has 0 aliphatic carbocycles. The number of nitrogens with one attached hydrogen (secondary N) is 2. The van der Waals surface area contributed by atoms with Crippen molar-refractivity contribution in [2.45, 2.75) is 13.1 Å². The maximum Gasteiger partial charge on any atom is 0.416 e. The zero-order valence-electron chi connectivity index (χ0n) is 15.1. The molecule has 0 atom stereocenters. The van der Waals surface area contributed by atoms with Crippen LogP contribution in [0.25, 0.3) is 0 Å². The third kappa shape index (κ3) is 4.71. The first-order valence-electron chi connectivity index (χ1n) is 8.22. The SMILES string of the molecule is Cc1ccc(Cl)cc1Nc1ncnc(Nc2cc(C(F)(F)F)ccc2Cl)c1[N+](=O)[O-]. The van der Waals surface area contributed by atoms with Gasteiger partial charge in [0.25, 0.3) is 0 Å². The minimum absolute atomic E-state index is 0.0731. The van der Waals surface area contributed by atoms with Crippen molar-refractivity contribution in [2.24, 2.45) is 0 Å². The van der Waals surface area contributed by atoms with Gasteiger partial charge in [-0.25, -0.2) is 9.97 Å². The van der Waals surface area contributed by atoms with Crippen LogP contribution in [0.3, 0.4) is 0 Å². The molecule has 30 heavy (non-hydrogen) atoms. The second kappa shape index (κ2) is 8.33. The van der Waals surface area contributed by atoms with Gasteiger partial charge in [0.15, 0.2) is 0 Å². The van der Waals surface area contributed by atoms with E-state index < -0.39 is 22.4 Å². The average molecular weight is 458 g/mol. The van der Waals surface area contributed by atoms with Gasteiger partial charge in [0.2, 0.25) is 11.6 Å². The molecular weight excluding hydrogens is 446 g/mol. The molecule has 0 saturated carbocycles. The summed E-state index contributed by atoms with van der Waals surface area (Å²) in [5.74, 6) is -0.510. The van der Waals surface area contributed by atoms with Gasteiger partial charge < -0.3 is 10.6 Å². The first-order chi connectivity index (χ1) is 14.1. The molecule has 0 aliphatic rings. The Bertz CT molecular complexity index is 1130. The number of hydrogen-bond acceptors (Lipinski definition) is 6. The summed E-state index contributed by atoms with van der Waals surface area (Å²) in [5, 5.41) is 17.3. The van der Waals surface area contributed by atoms with Crippen molar-refractivity contribution in [3.63, 3.8) is 0 Å². The molecule has 3 aromatic rings. The Balaban J connectivity index is 2.04. The number of aryl methyl sites for hydroxylation is 1. The highest BCUT2D eigenvalue weighted by molar-refractivity contribution is 6.33. The highest BCUT2D eigenvalue weighted by Crippen LogP contribution is 2.38. The molecule has 12 heteroatoms. The lowest BCUT2D eigenvalue weighted by Crippen LogP contribution is -2.08. The van der Waals surface area contributed by atoms with E-state index in [1.807, 2.05) is 0 Å². The van der Waals surface area contributed by atoms with E-state index in [0.29, 0.717) is 10.7 Å². The largest absolute Gasteiger partial charge is 0.416 e. The third-order valence-corrected chi connectivity index (χ3v) is 4.57. The lowest BCUT2D eigenvalue weighted by Gasteiger charge is -2.14. The molecule has 2 N–H and O–H groups in total. The summed E-state index contributed by atoms with van der Waals surface area (Å²) >= 11 is 11.9. The predicted molar refractivity (Wildman–Crippen MR) is 108 cm³/mol. The lowest BCUT2D eigenvalue weighted by atomic mass is 10.2. The van der Waals surface area contributed by atoms with Crippen molar-refractivity contribution in [3.8, 4) is 0 Å². The molecule has 7 nitrogen and oxygen atoms in total. The summed E-state index contributed by atoms with van der Waals surface area (Å²) < 4.78 is 39.0. The molecular formula is C18H12Cl2F3N5O2. The first-order valence-corrected chi connectivity index (χ1v) is 8.98. The van der Waals surface area contributed by atoms with Crippen LogP contribution in [0.5, 0.6) is 0 Å². The molecule has 0 fully saturated rings. The van der Waals surface area contributed by atoms with Gasteiger partial charge in [0, 0.05) is 10.7 Å². The van der Waals surface area contributed by atoms with Crippen molar-refractivity contribution in [1.29, 1.82) is 0 Å². The molecule has 3 rings (SSSR count). The number of hydrogen-bond donors (Lipinski definition) is 2. The number of aromatic nitrogens is 2. The molecule has 0 saturated heterocycles. The topological polar surface area (TPSA) is 93.0 Å². The van der Waals surface area contributed by atoms with Gasteiger partial charge in [-0.3, -0.25) is 10.1 Å². The Labute approximate surface area is 178 Å². The summed E-state index contributed by atoms with van der Waals surface area (Å²) in [6, 6.07) is 7.49. The first kappa shape index (κ1) is 21.6. The lowest BCUT2D eigenvalue weighted by molar-refractivity contribution is -0.383.